The second-order valence-corrected chi connectivity index (χ2v) is 4.41. The monoisotopic (exact) mass is 241 g/mol. The molecule has 0 bridgehead atoms. The number of nitrogens with two attached hydrogens (primary N) is 1. The van der Waals surface area contributed by atoms with Crippen LogP contribution in [0.5, 0.6) is 0 Å². The van der Waals surface area contributed by atoms with Crippen LogP contribution >= 0.6 is 0 Å². The third-order valence-corrected chi connectivity index (χ3v) is 2.64. The molecule has 6 nitrogen and oxygen atoms in total. The molecule has 96 valence electrons. The van der Waals surface area contributed by atoms with Crippen LogP contribution < -0.4 is 11.1 Å². The van der Waals surface area contributed by atoms with Crippen LogP contribution in [0.15, 0.2) is 0 Å². The number of imide groups is 1. The standard InChI is InChI=1S/C11H19N3O3/c1-7(2)14-10(16)6-8(11(14)17)13-9(15)4-3-5-12/h7-8H,3-6,12H2,1-2H3,(H,13,15). The minimum Gasteiger partial charge on any atom is -0.344 e. The van der Waals surface area contributed by atoms with Gasteiger partial charge in [-0.05, 0) is 26.8 Å². The van der Waals surface area contributed by atoms with E-state index in [1.807, 2.05) is 0 Å². The molecule has 1 unspecified atom stereocenters. The molecule has 17 heavy (non-hydrogen) atoms. The van der Waals surface area contributed by atoms with Crippen molar-refractivity contribution in [3.05, 3.63) is 0 Å². The Labute approximate surface area is 101 Å². The number of nitrogens with zero attached hydrogens (tertiary/aromatic N) is 1. The average molecular weight is 241 g/mol. The number of rotatable bonds is 5. The number of carbonyl (C=O) groups excluding carboxylic acids is 3. The van der Waals surface area contributed by atoms with Gasteiger partial charge in [0.15, 0.2) is 0 Å². The van der Waals surface area contributed by atoms with Crippen LogP contribution in [0.4, 0.5) is 0 Å². The summed E-state index contributed by atoms with van der Waals surface area (Å²) >= 11 is 0. The van der Waals surface area contributed by atoms with Gasteiger partial charge in [0.2, 0.25) is 11.8 Å². The van der Waals surface area contributed by atoms with Crippen molar-refractivity contribution in [1.29, 1.82) is 0 Å². The SMILES string of the molecule is CC(C)N1C(=O)CC(NC(=O)CCCN)C1=O. The van der Waals surface area contributed by atoms with Gasteiger partial charge in [0.05, 0.1) is 6.42 Å². The number of hydrogen-bond acceptors (Lipinski definition) is 4. The van der Waals surface area contributed by atoms with Crippen LogP contribution in [0, 0.1) is 0 Å². The van der Waals surface area contributed by atoms with E-state index in [0.717, 1.165) is 0 Å². The maximum atomic E-state index is 11.8. The van der Waals surface area contributed by atoms with Crippen molar-refractivity contribution in [2.24, 2.45) is 5.73 Å². The van der Waals surface area contributed by atoms with Crippen LogP contribution in [0.3, 0.4) is 0 Å². The summed E-state index contributed by atoms with van der Waals surface area (Å²) < 4.78 is 0. The van der Waals surface area contributed by atoms with Crippen molar-refractivity contribution in [1.82, 2.24) is 10.2 Å². The van der Waals surface area contributed by atoms with Gasteiger partial charge < -0.3 is 11.1 Å². The Hall–Kier alpha value is -1.43. The molecule has 1 atom stereocenters. The largest absolute Gasteiger partial charge is 0.344 e. The lowest BCUT2D eigenvalue weighted by atomic mass is 10.2. The second-order valence-electron chi connectivity index (χ2n) is 4.41. The van der Waals surface area contributed by atoms with Crippen molar-refractivity contribution in [2.45, 2.75) is 45.2 Å². The van der Waals surface area contributed by atoms with Gasteiger partial charge in [-0.1, -0.05) is 0 Å². The highest BCUT2D eigenvalue weighted by molar-refractivity contribution is 6.07. The first-order valence-electron chi connectivity index (χ1n) is 5.82. The molecule has 1 heterocycles. The van der Waals surface area contributed by atoms with E-state index in [-0.39, 0.29) is 36.6 Å². The molecular formula is C11H19N3O3. The Bertz CT molecular complexity index is 328. The Morgan fingerprint density at radius 3 is 2.65 bits per heavy atom. The van der Waals surface area contributed by atoms with Gasteiger partial charge in [-0.2, -0.15) is 0 Å². The van der Waals surface area contributed by atoms with Gasteiger partial charge in [-0.25, -0.2) is 0 Å². The quantitative estimate of drug-likeness (QED) is 0.627. The van der Waals surface area contributed by atoms with Gasteiger partial charge >= 0.3 is 0 Å². The molecule has 3 amide bonds. The van der Waals surface area contributed by atoms with E-state index in [1.165, 1.54) is 4.90 Å². The van der Waals surface area contributed by atoms with E-state index in [2.05, 4.69) is 5.32 Å². The molecule has 0 aromatic carbocycles. The Balaban J connectivity index is 2.54. The molecule has 0 aromatic heterocycles. The van der Waals surface area contributed by atoms with Crippen molar-refractivity contribution >= 4 is 17.7 Å². The fraction of sp³-hybridized carbons (Fsp3) is 0.727. The molecule has 1 fully saturated rings. The van der Waals surface area contributed by atoms with Gasteiger partial charge in [0, 0.05) is 12.5 Å². The third kappa shape index (κ3) is 3.26. The first kappa shape index (κ1) is 13.6. The highest BCUT2D eigenvalue weighted by Gasteiger charge is 2.40. The van der Waals surface area contributed by atoms with Crippen molar-refractivity contribution < 1.29 is 14.4 Å². The van der Waals surface area contributed by atoms with E-state index < -0.39 is 6.04 Å². The highest BCUT2D eigenvalue weighted by Crippen LogP contribution is 2.16. The predicted molar refractivity (Wildman–Crippen MR) is 61.8 cm³/mol. The van der Waals surface area contributed by atoms with Crippen LogP contribution in [0.25, 0.3) is 0 Å². The number of amides is 3. The topological polar surface area (TPSA) is 92.5 Å². The zero-order valence-corrected chi connectivity index (χ0v) is 10.2. The molecule has 1 rings (SSSR count). The van der Waals surface area contributed by atoms with Crippen molar-refractivity contribution in [3.8, 4) is 0 Å². The summed E-state index contributed by atoms with van der Waals surface area (Å²) in [5, 5.41) is 2.57. The van der Waals surface area contributed by atoms with E-state index in [1.54, 1.807) is 13.8 Å². The molecule has 1 aliphatic rings. The van der Waals surface area contributed by atoms with E-state index in [0.29, 0.717) is 13.0 Å². The Morgan fingerprint density at radius 1 is 1.53 bits per heavy atom. The molecule has 0 spiro atoms. The lowest BCUT2D eigenvalue weighted by molar-refractivity contribution is -0.141. The number of hydrogen-bond donors (Lipinski definition) is 2. The molecule has 0 saturated carbocycles. The van der Waals surface area contributed by atoms with Crippen LogP contribution in [0.1, 0.15) is 33.1 Å². The minimum atomic E-state index is -0.699. The summed E-state index contributed by atoms with van der Waals surface area (Å²) in [6.07, 6.45) is 0.927. The summed E-state index contributed by atoms with van der Waals surface area (Å²) in [7, 11) is 0. The molecule has 0 aliphatic carbocycles. The second kappa shape index (κ2) is 5.77. The predicted octanol–water partition coefficient (Wildman–Crippen LogP) is -0.623. The fourth-order valence-corrected chi connectivity index (χ4v) is 1.84. The molecule has 0 radical (unpaired) electrons. The molecule has 3 N–H and O–H groups in total. The highest BCUT2D eigenvalue weighted by atomic mass is 16.2. The van der Waals surface area contributed by atoms with Crippen LogP contribution in [-0.4, -0.2) is 41.2 Å². The molecular weight excluding hydrogens is 222 g/mol. The van der Waals surface area contributed by atoms with Crippen molar-refractivity contribution in [3.63, 3.8) is 0 Å². The van der Waals surface area contributed by atoms with E-state index >= 15 is 0 Å². The lowest BCUT2D eigenvalue weighted by Crippen LogP contribution is -2.43. The Kier molecular flexibility index (Phi) is 4.62. The summed E-state index contributed by atoms with van der Waals surface area (Å²) in [6.45, 7) is 3.98. The smallest absolute Gasteiger partial charge is 0.252 e. The first-order valence-corrected chi connectivity index (χ1v) is 5.82. The first-order chi connectivity index (χ1) is 7.97. The van der Waals surface area contributed by atoms with Gasteiger partial charge in [-0.3, -0.25) is 19.3 Å². The normalized spacial score (nSPS) is 20.2. The fourth-order valence-electron chi connectivity index (χ4n) is 1.84. The summed E-state index contributed by atoms with van der Waals surface area (Å²) in [4.78, 5) is 36.0. The zero-order valence-electron chi connectivity index (χ0n) is 10.2. The number of nitrogens with one attached hydrogen (secondary N) is 1. The molecule has 1 saturated heterocycles. The maximum absolute atomic E-state index is 11.8. The van der Waals surface area contributed by atoms with Gasteiger partial charge in [0.1, 0.15) is 6.04 Å². The van der Waals surface area contributed by atoms with Crippen LogP contribution in [-0.2, 0) is 14.4 Å². The van der Waals surface area contributed by atoms with Crippen molar-refractivity contribution in [2.75, 3.05) is 6.54 Å². The minimum absolute atomic E-state index is 0.0609. The molecule has 1 aliphatic heterocycles. The number of carbonyl (C=O) groups is 3. The lowest BCUT2D eigenvalue weighted by Gasteiger charge is -2.19. The molecule has 6 heteroatoms. The molecule has 0 aromatic rings. The summed E-state index contributed by atoms with van der Waals surface area (Å²) in [5.74, 6) is -0.771. The average Bonchev–Trinajstić information content (AvgIpc) is 2.51. The summed E-state index contributed by atoms with van der Waals surface area (Å²) in [6, 6.07) is -0.865. The zero-order chi connectivity index (χ0) is 13.0. The maximum Gasteiger partial charge on any atom is 0.252 e. The van der Waals surface area contributed by atoms with Gasteiger partial charge in [0.25, 0.3) is 5.91 Å². The number of likely N-dealkylation sites (tertiary alicyclic amines) is 1. The Morgan fingerprint density at radius 2 is 2.18 bits per heavy atom. The third-order valence-electron chi connectivity index (χ3n) is 2.64. The van der Waals surface area contributed by atoms with Gasteiger partial charge in [-0.15, -0.1) is 0 Å². The summed E-state index contributed by atoms with van der Waals surface area (Å²) in [5.41, 5.74) is 5.29. The van der Waals surface area contributed by atoms with Crippen LogP contribution in [0.2, 0.25) is 0 Å². The van der Waals surface area contributed by atoms with E-state index in [4.69, 9.17) is 5.73 Å². The van der Waals surface area contributed by atoms with E-state index in [9.17, 15) is 14.4 Å².